The van der Waals surface area contributed by atoms with Gasteiger partial charge in [-0.05, 0) is 23.6 Å². The quantitative estimate of drug-likeness (QED) is 0.784. The van der Waals surface area contributed by atoms with Gasteiger partial charge in [-0.2, -0.15) is 0 Å². The normalized spacial score (nSPS) is 11.1. The van der Waals surface area contributed by atoms with Gasteiger partial charge in [-0.15, -0.1) is 0 Å². The number of benzene rings is 1. The van der Waals surface area contributed by atoms with Gasteiger partial charge in [0, 0.05) is 24.7 Å². The molecule has 0 aliphatic heterocycles. The van der Waals surface area contributed by atoms with Crippen molar-refractivity contribution in [2.45, 2.75) is 47.5 Å². The van der Waals surface area contributed by atoms with Crippen molar-refractivity contribution in [3.63, 3.8) is 0 Å². The Morgan fingerprint density at radius 3 is 1.58 bits per heavy atom. The molecule has 0 aliphatic rings. The molecule has 2 heteroatoms. The van der Waals surface area contributed by atoms with Crippen LogP contribution < -0.4 is 0 Å². The van der Waals surface area contributed by atoms with E-state index in [2.05, 4.69) is 0 Å². The molecule has 1 rings (SSSR count). The molecule has 0 radical (unpaired) electrons. The fourth-order valence-corrected chi connectivity index (χ4v) is 1.90. The lowest BCUT2D eigenvalue weighted by atomic mass is 9.91. The van der Waals surface area contributed by atoms with Crippen LogP contribution in [0.25, 0.3) is 0 Å². The van der Waals surface area contributed by atoms with E-state index in [1.807, 2.05) is 52.8 Å². The zero-order valence-corrected chi connectivity index (χ0v) is 12.6. The SMILES string of the molecule is Cc1c(CC(=O)C(C)C)cccc1CC(=O)C(C)C. The summed E-state index contributed by atoms with van der Waals surface area (Å²) in [7, 11) is 0. The third kappa shape index (κ3) is 4.30. The summed E-state index contributed by atoms with van der Waals surface area (Å²) in [5.41, 5.74) is 3.19. The summed E-state index contributed by atoms with van der Waals surface area (Å²) in [6, 6.07) is 5.91. The molecule has 0 N–H and O–H groups in total. The lowest BCUT2D eigenvalue weighted by Gasteiger charge is -2.12. The second-order valence-corrected chi connectivity index (χ2v) is 5.80. The molecule has 0 saturated heterocycles. The summed E-state index contributed by atoms with van der Waals surface area (Å²) < 4.78 is 0. The van der Waals surface area contributed by atoms with Gasteiger partial charge < -0.3 is 0 Å². The molecule has 0 heterocycles. The molecule has 1 aromatic rings. The van der Waals surface area contributed by atoms with Crippen LogP contribution in [0, 0.1) is 18.8 Å². The van der Waals surface area contributed by atoms with E-state index < -0.39 is 0 Å². The highest BCUT2D eigenvalue weighted by Crippen LogP contribution is 2.18. The monoisotopic (exact) mass is 260 g/mol. The predicted molar refractivity (Wildman–Crippen MR) is 78.3 cm³/mol. The second-order valence-electron chi connectivity index (χ2n) is 5.80. The molecule has 104 valence electrons. The standard InChI is InChI=1S/C17H24O2/c1-11(2)16(18)9-14-7-6-8-15(13(14)5)10-17(19)12(3)4/h6-8,11-12H,9-10H2,1-5H3. The topological polar surface area (TPSA) is 34.1 Å². The van der Waals surface area contributed by atoms with Crippen LogP contribution in [0.4, 0.5) is 0 Å². The Bertz CT molecular complexity index is 430. The highest BCUT2D eigenvalue weighted by atomic mass is 16.1. The molecule has 1 aromatic carbocycles. The van der Waals surface area contributed by atoms with Gasteiger partial charge in [-0.1, -0.05) is 45.9 Å². The number of Topliss-reactive ketones (excluding diaryl/α,β-unsaturated/α-hetero) is 2. The first-order valence-electron chi connectivity index (χ1n) is 6.95. The van der Waals surface area contributed by atoms with E-state index in [1.54, 1.807) is 0 Å². The lowest BCUT2D eigenvalue weighted by molar-refractivity contribution is -0.121. The molecule has 0 spiro atoms. The van der Waals surface area contributed by atoms with Gasteiger partial charge in [-0.3, -0.25) is 9.59 Å². The second kappa shape index (κ2) is 6.65. The van der Waals surface area contributed by atoms with Crippen molar-refractivity contribution in [2.24, 2.45) is 11.8 Å². The number of ketones is 2. The van der Waals surface area contributed by atoms with E-state index in [-0.39, 0.29) is 23.4 Å². The first-order chi connectivity index (χ1) is 8.82. The van der Waals surface area contributed by atoms with E-state index in [1.165, 1.54) is 0 Å². The first kappa shape index (κ1) is 15.6. The van der Waals surface area contributed by atoms with Crippen LogP contribution in [0.2, 0.25) is 0 Å². The van der Waals surface area contributed by atoms with Crippen LogP contribution in [0.1, 0.15) is 44.4 Å². The zero-order chi connectivity index (χ0) is 14.6. The predicted octanol–water partition coefficient (Wildman–Crippen LogP) is 3.53. The fraction of sp³-hybridized carbons (Fsp3) is 0.529. The molecular weight excluding hydrogens is 236 g/mol. The van der Waals surface area contributed by atoms with Gasteiger partial charge in [-0.25, -0.2) is 0 Å². The van der Waals surface area contributed by atoms with Crippen LogP contribution in [-0.4, -0.2) is 11.6 Å². The fourth-order valence-electron chi connectivity index (χ4n) is 1.90. The van der Waals surface area contributed by atoms with Gasteiger partial charge in [0.05, 0.1) is 0 Å². The smallest absolute Gasteiger partial charge is 0.139 e. The maximum atomic E-state index is 11.8. The summed E-state index contributed by atoms with van der Waals surface area (Å²) in [5, 5.41) is 0. The Hall–Kier alpha value is -1.44. The highest BCUT2D eigenvalue weighted by Gasteiger charge is 2.14. The minimum atomic E-state index is 0.0559. The molecule has 0 amide bonds. The number of carbonyl (C=O) groups excluding carboxylic acids is 2. The van der Waals surface area contributed by atoms with E-state index in [9.17, 15) is 9.59 Å². The van der Waals surface area contributed by atoms with Crippen molar-refractivity contribution < 1.29 is 9.59 Å². The van der Waals surface area contributed by atoms with Crippen LogP contribution in [0.15, 0.2) is 18.2 Å². The number of hydrogen-bond donors (Lipinski definition) is 0. The average Bonchev–Trinajstić information content (AvgIpc) is 2.33. The number of carbonyl (C=O) groups is 2. The zero-order valence-electron chi connectivity index (χ0n) is 12.6. The maximum absolute atomic E-state index is 11.8. The van der Waals surface area contributed by atoms with Crippen LogP contribution in [0.3, 0.4) is 0 Å². The van der Waals surface area contributed by atoms with Crippen molar-refractivity contribution in [3.8, 4) is 0 Å². The number of hydrogen-bond acceptors (Lipinski definition) is 2. The minimum Gasteiger partial charge on any atom is -0.299 e. The molecule has 0 aliphatic carbocycles. The lowest BCUT2D eigenvalue weighted by Crippen LogP contribution is -2.14. The van der Waals surface area contributed by atoms with Crippen LogP contribution in [0.5, 0.6) is 0 Å². The highest BCUT2D eigenvalue weighted by molar-refractivity contribution is 5.84. The van der Waals surface area contributed by atoms with Gasteiger partial charge >= 0.3 is 0 Å². The largest absolute Gasteiger partial charge is 0.299 e. The Kier molecular flexibility index (Phi) is 5.46. The molecule has 0 saturated carbocycles. The Labute approximate surface area is 116 Å². The molecule has 0 fully saturated rings. The van der Waals surface area contributed by atoms with Crippen molar-refractivity contribution in [2.75, 3.05) is 0 Å². The summed E-state index contributed by atoms with van der Waals surface area (Å²) in [6.07, 6.45) is 0.931. The van der Waals surface area contributed by atoms with Crippen molar-refractivity contribution >= 4 is 11.6 Å². The third-order valence-corrected chi connectivity index (χ3v) is 3.58. The first-order valence-corrected chi connectivity index (χ1v) is 6.95. The van der Waals surface area contributed by atoms with E-state index in [0.717, 1.165) is 16.7 Å². The van der Waals surface area contributed by atoms with Gasteiger partial charge in [0.25, 0.3) is 0 Å². The summed E-state index contributed by atoms with van der Waals surface area (Å²) in [6.45, 7) is 9.69. The van der Waals surface area contributed by atoms with Crippen LogP contribution >= 0.6 is 0 Å². The van der Waals surface area contributed by atoms with Crippen molar-refractivity contribution in [1.82, 2.24) is 0 Å². The Morgan fingerprint density at radius 2 is 1.26 bits per heavy atom. The van der Waals surface area contributed by atoms with Gasteiger partial charge in [0.2, 0.25) is 0 Å². The van der Waals surface area contributed by atoms with E-state index in [4.69, 9.17) is 0 Å². The Morgan fingerprint density at radius 1 is 0.895 bits per heavy atom. The molecule has 0 aromatic heterocycles. The van der Waals surface area contributed by atoms with Crippen LogP contribution in [-0.2, 0) is 22.4 Å². The van der Waals surface area contributed by atoms with Crippen molar-refractivity contribution in [3.05, 3.63) is 34.9 Å². The third-order valence-electron chi connectivity index (χ3n) is 3.58. The van der Waals surface area contributed by atoms with Gasteiger partial charge in [0.1, 0.15) is 11.6 Å². The average molecular weight is 260 g/mol. The maximum Gasteiger partial charge on any atom is 0.139 e. The van der Waals surface area contributed by atoms with E-state index >= 15 is 0 Å². The molecule has 2 nitrogen and oxygen atoms in total. The molecule has 0 unspecified atom stereocenters. The molecule has 0 bridgehead atoms. The minimum absolute atomic E-state index is 0.0559. The summed E-state index contributed by atoms with van der Waals surface area (Å²) in [4.78, 5) is 23.7. The van der Waals surface area contributed by atoms with Gasteiger partial charge in [0.15, 0.2) is 0 Å². The van der Waals surface area contributed by atoms with E-state index in [0.29, 0.717) is 12.8 Å². The summed E-state index contributed by atoms with van der Waals surface area (Å²) >= 11 is 0. The molecule has 0 atom stereocenters. The number of rotatable bonds is 6. The Balaban J connectivity index is 2.92. The molecular formula is C17H24O2. The molecule has 19 heavy (non-hydrogen) atoms. The summed E-state index contributed by atoms with van der Waals surface area (Å²) in [5.74, 6) is 0.603. The van der Waals surface area contributed by atoms with Crippen molar-refractivity contribution in [1.29, 1.82) is 0 Å².